The van der Waals surface area contributed by atoms with Gasteiger partial charge >= 0.3 is 0 Å². The first-order valence-corrected chi connectivity index (χ1v) is 4.57. The van der Waals surface area contributed by atoms with E-state index < -0.39 is 0 Å². The third-order valence-electron chi connectivity index (χ3n) is 2.02. The van der Waals surface area contributed by atoms with Crippen molar-refractivity contribution in [2.75, 3.05) is 0 Å². The van der Waals surface area contributed by atoms with E-state index in [1.165, 1.54) is 11.1 Å². The Bertz CT molecular complexity index is 336. The normalized spacial score (nSPS) is 9.50. The van der Waals surface area contributed by atoms with Crippen molar-refractivity contribution in [3.63, 3.8) is 0 Å². The Hall–Kier alpha value is -0.810. The first-order valence-electron chi connectivity index (χ1n) is 3.78. The Morgan fingerprint density at radius 3 is 2.67 bits per heavy atom. The smallest absolute Gasteiger partial charge is 0.0669 e. The van der Waals surface area contributed by atoms with Crippen LogP contribution < -0.4 is 0 Å². The number of nitrogens with zero attached hydrogens (tertiary/aromatic N) is 1. The minimum atomic E-state index is 0.497. The van der Waals surface area contributed by atoms with Gasteiger partial charge in [0.2, 0.25) is 0 Å². The summed E-state index contributed by atoms with van der Waals surface area (Å²) in [5, 5.41) is 8.59. The summed E-state index contributed by atoms with van der Waals surface area (Å²) in [5.41, 5.74) is 3.51. The number of aryl methyl sites for hydroxylation is 1. The molecule has 0 saturated carbocycles. The van der Waals surface area contributed by atoms with Crippen molar-refractivity contribution in [3.8, 4) is 6.07 Å². The lowest BCUT2D eigenvalue weighted by molar-refractivity contribution is 1.16. The predicted octanol–water partition coefficient (Wildman–Crippen LogP) is 3.13. The summed E-state index contributed by atoms with van der Waals surface area (Å²) in [6, 6.07) is 6.22. The van der Waals surface area contributed by atoms with Crippen molar-refractivity contribution < 1.29 is 0 Å². The van der Waals surface area contributed by atoms with E-state index in [4.69, 9.17) is 5.26 Å². The van der Waals surface area contributed by atoms with Crippen LogP contribution in [0, 0.1) is 25.2 Å². The molecule has 1 rings (SSSR count). The first-order chi connectivity index (χ1) is 5.66. The van der Waals surface area contributed by atoms with Crippen LogP contribution in [0.5, 0.6) is 0 Å². The van der Waals surface area contributed by atoms with Gasteiger partial charge in [0.05, 0.1) is 12.5 Å². The number of hydrogen-bond acceptors (Lipinski definition) is 1. The molecule has 0 radical (unpaired) electrons. The maximum absolute atomic E-state index is 8.59. The van der Waals surface area contributed by atoms with Crippen LogP contribution in [-0.4, -0.2) is 0 Å². The molecule has 0 amide bonds. The van der Waals surface area contributed by atoms with Crippen LogP contribution in [0.25, 0.3) is 0 Å². The van der Waals surface area contributed by atoms with E-state index in [9.17, 15) is 0 Å². The van der Waals surface area contributed by atoms with Crippen molar-refractivity contribution in [2.45, 2.75) is 20.3 Å². The van der Waals surface area contributed by atoms with Crippen LogP contribution in [0.2, 0.25) is 0 Å². The molecule has 0 N–H and O–H groups in total. The predicted molar refractivity (Wildman–Crippen MR) is 52.9 cm³/mol. The summed E-state index contributed by atoms with van der Waals surface area (Å²) in [4.78, 5) is 0. The molecule has 0 heterocycles. The summed E-state index contributed by atoms with van der Waals surface area (Å²) >= 11 is 3.44. The summed E-state index contributed by atoms with van der Waals surface area (Å²) < 4.78 is 1.08. The van der Waals surface area contributed by atoms with E-state index in [1.54, 1.807) is 0 Å². The topological polar surface area (TPSA) is 23.8 Å². The van der Waals surface area contributed by atoms with Gasteiger partial charge in [-0.3, -0.25) is 0 Å². The summed E-state index contributed by atoms with van der Waals surface area (Å²) in [6.07, 6.45) is 0.497. The number of nitriles is 1. The standard InChI is InChI=1S/C10H10BrN/c1-7-3-4-10(11)8(2)9(7)5-6-12/h3-4H,5H2,1-2H3. The van der Waals surface area contributed by atoms with Crippen LogP contribution in [0.15, 0.2) is 16.6 Å². The maximum Gasteiger partial charge on any atom is 0.0669 e. The molecule has 0 aliphatic carbocycles. The molecule has 0 aliphatic heterocycles. The van der Waals surface area contributed by atoms with Gasteiger partial charge in [-0.05, 0) is 36.6 Å². The second-order valence-electron chi connectivity index (χ2n) is 2.80. The van der Waals surface area contributed by atoms with Gasteiger partial charge in [-0.15, -0.1) is 0 Å². The Morgan fingerprint density at radius 2 is 2.08 bits per heavy atom. The molecule has 0 aliphatic rings. The lowest BCUT2D eigenvalue weighted by Crippen LogP contribution is -1.92. The zero-order chi connectivity index (χ0) is 9.14. The molecule has 12 heavy (non-hydrogen) atoms. The first kappa shape index (κ1) is 9.28. The van der Waals surface area contributed by atoms with Crippen LogP contribution in [0.1, 0.15) is 16.7 Å². The molecule has 0 saturated heterocycles. The Kier molecular flexibility index (Phi) is 2.88. The van der Waals surface area contributed by atoms with Gasteiger partial charge in [-0.2, -0.15) is 5.26 Å². The number of benzene rings is 1. The van der Waals surface area contributed by atoms with Gasteiger partial charge < -0.3 is 0 Å². The van der Waals surface area contributed by atoms with Crippen molar-refractivity contribution in [3.05, 3.63) is 33.3 Å². The molecule has 0 aromatic heterocycles. The molecule has 1 aromatic carbocycles. The van der Waals surface area contributed by atoms with Crippen molar-refractivity contribution >= 4 is 15.9 Å². The molecule has 0 fully saturated rings. The fourth-order valence-corrected chi connectivity index (χ4v) is 1.59. The highest BCUT2D eigenvalue weighted by atomic mass is 79.9. The van der Waals surface area contributed by atoms with E-state index in [0.717, 1.165) is 10.0 Å². The van der Waals surface area contributed by atoms with Crippen molar-refractivity contribution in [1.82, 2.24) is 0 Å². The fraction of sp³-hybridized carbons (Fsp3) is 0.300. The molecule has 0 atom stereocenters. The Balaban J connectivity index is 3.25. The zero-order valence-corrected chi connectivity index (χ0v) is 8.77. The zero-order valence-electron chi connectivity index (χ0n) is 7.19. The van der Waals surface area contributed by atoms with Crippen molar-refractivity contribution in [2.24, 2.45) is 0 Å². The average molecular weight is 224 g/mol. The quantitative estimate of drug-likeness (QED) is 0.718. The van der Waals surface area contributed by atoms with E-state index in [1.807, 2.05) is 26.0 Å². The van der Waals surface area contributed by atoms with Crippen LogP contribution >= 0.6 is 15.9 Å². The third kappa shape index (κ3) is 1.67. The fourth-order valence-electron chi connectivity index (χ4n) is 1.21. The minimum Gasteiger partial charge on any atom is -0.198 e. The Morgan fingerprint density at radius 1 is 1.42 bits per heavy atom. The number of hydrogen-bond donors (Lipinski definition) is 0. The van der Waals surface area contributed by atoms with Crippen LogP contribution in [-0.2, 0) is 6.42 Å². The molecule has 0 unspecified atom stereocenters. The molecular formula is C10H10BrN. The SMILES string of the molecule is Cc1ccc(Br)c(C)c1CC#N. The van der Waals surface area contributed by atoms with E-state index in [0.29, 0.717) is 6.42 Å². The monoisotopic (exact) mass is 223 g/mol. The number of rotatable bonds is 1. The second kappa shape index (κ2) is 3.73. The largest absolute Gasteiger partial charge is 0.198 e. The summed E-state index contributed by atoms with van der Waals surface area (Å²) in [5.74, 6) is 0. The lowest BCUT2D eigenvalue weighted by Gasteiger charge is -2.07. The molecule has 0 spiro atoms. The highest BCUT2D eigenvalue weighted by molar-refractivity contribution is 9.10. The van der Waals surface area contributed by atoms with Gasteiger partial charge in [-0.25, -0.2) is 0 Å². The Labute approximate surface area is 81.2 Å². The second-order valence-corrected chi connectivity index (χ2v) is 3.66. The maximum atomic E-state index is 8.59. The highest BCUT2D eigenvalue weighted by Gasteiger charge is 2.04. The molecule has 1 nitrogen and oxygen atoms in total. The minimum absolute atomic E-state index is 0.497. The molecule has 2 heteroatoms. The van der Waals surface area contributed by atoms with E-state index >= 15 is 0 Å². The van der Waals surface area contributed by atoms with E-state index in [-0.39, 0.29) is 0 Å². The molecule has 1 aromatic rings. The molecule has 0 bridgehead atoms. The van der Waals surface area contributed by atoms with Crippen LogP contribution in [0.4, 0.5) is 0 Å². The van der Waals surface area contributed by atoms with Gasteiger partial charge in [0.25, 0.3) is 0 Å². The molecular weight excluding hydrogens is 214 g/mol. The van der Waals surface area contributed by atoms with Gasteiger partial charge in [-0.1, -0.05) is 22.0 Å². The van der Waals surface area contributed by atoms with Crippen molar-refractivity contribution in [1.29, 1.82) is 5.26 Å². The summed E-state index contributed by atoms with van der Waals surface area (Å²) in [7, 11) is 0. The average Bonchev–Trinajstić information content (AvgIpc) is 2.06. The highest BCUT2D eigenvalue weighted by Crippen LogP contribution is 2.22. The van der Waals surface area contributed by atoms with Gasteiger partial charge in [0.1, 0.15) is 0 Å². The third-order valence-corrected chi connectivity index (χ3v) is 2.88. The van der Waals surface area contributed by atoms with E-state index in [2.05, 4.69) is 22.0 Å². The molecule has 62 valence electrons. The lowest BCUT2D eigenvalue weighted by atomic mass is 10.0. The number of halogens is 1. The van der Waals surface area contributed by atoms with Gasteiger partial charge in [0.15, 0.2) is 0 Å². The van der Waals surface area contributed by atoms with Crippen LogP contribution in [0.3, 0.4) is 0 Å². The van der Waals surface area contributed by atoms with Gasteiger partial charge in [0, 0.05) is 4.47 Å². The summed E-state index contributed by atoms with van der Waals surface area (Å²) in [6.45, 7) is 4.07.